The maximum absolute atomic E-state index is 12.1. The zero-order valence-electron chi connectivity index (χ0n) is 13.4. The molecular formula is C19H21NO4. The van der Waals surface area contributed by atoms with Crippen molar-refractivity contribution in [3.8, 4) is 0 Å². The molecule has 0 aromatic heterocycles. The molecule has 0 spiro atoms. The van der Waals surface area contributed by atoms with Gasteiger partial charge in [-0.15, -0.1) is 0 Å². The lowest BCUT2D eigenvalue weighted by atomic mass is 10.0. The standard InChI is InChI=1S/C19H21NO4/c21-18(14-24-13-15-7-3-1-4-8-15)20-17(11-12-19(22)23)16-9-5-2-6-10-16/h1-10,17H,11-14H2,(H,20,21)(H,22,23). The Hall–Kier alpha value is -2.66. The summed E-state index contributed by atoms with van der Waals surface area (Å²) in [5.41, 5.74) is 1.88. The molecule has 0 aliphatic rings. The van der Waals surface area contributed by atoms with Gasteiger partial charge in [-0.25, -0.2) is 0 Å². The van der Waals surface area contributed by atoms with Crippen LogP contribution in [0.3, 0.4) is 0 Å². The minimum atomic E-state index is -0.884. The van der Waals surface area contributed by atoms with Gasteiger partial charge in [-0.05, 0) is 17.5 Å². The Labute approximate surface area is 141 Å². The number of amides is 1. The molecule has 0 aliphatic carbocycles. The predicted octanol–water partition coefficient (Wildman–Crippen LogP) is 2.93. The van der Waals surface area contributed by atoms with Crippen molar-refractivity contribution >= 4 is 11.9 Å². The van der Waals surface area contributed by atoms with Gasteiger partial charge in [-0.2, -0.15) is 0 Å². The lowest BCUT2D eigenvalue weighted by molar-refractivity contribution is -0.137. The van der Waals surface area contributed by atoms with E-state index < -0.39 is 5.97 Å². The average molecular weight is 327 g/mol. The van der Waals surface area contributed by atoms with Crippen molar-refractivity contribution in [2.75, 3.05) is 6.61 Å². The number of hydrogen-bond donors (Lipinski definition) is 2. The Balaban J connectivity index is 1.86. The second kappa shape index (κ2) is 9.47. The smallest absolute Gasteiger partial charge is 0.303 e. The van der Waals surface area contributed by atoms with Crippen LogP contribution in [0.1, 0.15) is 30.0 Å². The molecule has 1 unspecified atom stereocenters. The summed E-state index contributed by atoms with van der Waals surface area (Å²) in [6, 6.07) is 18.6. The van der Waals surface area contributed by atoms with Gasteiger partial charge in [0.25, 0.3) is 0 Å². The average Bonchev–Trinajstić information content (AvgIpc) is 2.60. The normalized spacial score (nSPS) is 11.7. The van der Waals surface area contributed by atoms with Gasteiger partial charge in [0.05, 0.1) is 12.6 Å². The Morgan fingerprint density at radius 2 is 1.62 bits per heavy atom. The van der Waals surface area contributed by atoms with Crippen LogP contribution >= 0.6 is 0 Å². The van der Waals surface area contributed by atoms with Crippen molar-refractivity contribution in [1.29, 1.82) is 0 Å². The van der Waals surface area contributed by atoms with Gasteiger partial charge < -0.3 is 15.2 Å². The first-order chi connectivity index (χ1) is 11.6. The zero-order chi connectivity index (χ0) is 17.2. The van der Waals surface area contributed by atoms with Crippen LogP contribution in [0.4, 0.5) is 0 Å². The summed E-state index contributed by atoms with van der Waals surface area (Å²) in [6.07, 6.45) is 0.328. The third-order valence-electron chi connectivity index (χ3n) is 3.53. The molecule has 0 heterocycles. The summed E-state index contributed by atoms with van der Waals surface area (Å²) in [5.74, 6) is -1.14. The molecule has 2 N–H and O–H groups in total. The highest BCUT2D eigenvalue weighted by molar-refractivity contribution is 5.77. The molecule has 126 valence electrons. The highest BCUT2D eigenvalue weighted by Gasteiger charge is 2.16. The largest absolute Gasteiger partial charge is 0.481 e. The molecule has 5 nitrogen and oxygen atoms in total. The van der Waals surface area contributed by atoms with Crippen LogP contribution in [-0.4, -0.2) is 23.6 Å². The van der Waals surface area contributed by atoms with Gasteiger partial charge in [0, 0.05) is 6.42 Å². The van der Waals surface area contributed by atoms with Gasteiger partial charge in [0.1, 0.15) is 6.61 Å². The predicted molar refractivity (Wildman–Crippen MR) is 90.3 cm³/mol. The number of carboxylic acid groups (broad SMARTS) is 1. The third kappa shape index (κ3) is 6.22. The van der Waals surface area contributed by atoms with E-state index >= 15 is 0 Å². The topological polar surface area (TPSA) is 75.6 Å². The Kier molecular flexibility index (Phi) is 6.98. The second-order valence-corrected chi connectivity index (χ2v) is 5.44. The summed E-state index contributed by atoms with van der Waals surface area (Å²) >= 11 is 0. The second-order valence-electron chi connectivity index (χ2n) is 5.44. The molecule has 0 radical (unpaired) electrons. The molecule has 0 aliphatic heterocycles. The van der Waals surface area contributed by atoms with Crippen molar-refractivity contribution < 1.29 is 19.4 Å². The first-order valence-electron chi connectivity index (χ1n) is 7.83. The molecule has 2 aromatic rings. The number of aliphatic carboxylic acids is 1. The van der Waals surface area contributed by atoms with Crippen LogP contribution in [0.15, 0.2) is 60.7 Å². The molecule has 0 saturated heterocycles. The van der Waals surface area contributed by atoms with Crippen LogP contribution in [-0.2, 0) is 20.9 Å². The molecule has 24 heavy (non-hydrogen) atoms. The van der Waals surface area contributed by atoms with Gasteiger partial charge in [-0.3, -0.25) is 9.59 Å². The third-order valence-corrected chi connectivity index (χ3v) is 3.53. The molecule has 2 aromatic carbocycles. The number of nitrogens with one attached hydrogen (secondary N) is 1. The molecule has 1 atom stereocenters. The Bertz CT molecular complexity index is 643. The van der Waals surface area contributed by atoms with E-state index in [0.717, 1.165) is 11.1 Å². The van der Waals surface area contributed by atoms with E-state index in [0.29, 0.717) is 13.0 Å². The lowest BCUT2D eigenvalue weighted by Crippen LogP contribution is -2.32. The van der Waals surface area contributed by atoms with Crippen molar-refractivity contribution in [1.82, 2.24) is 5.32 Å². The van der Waals surface area contributed by atoms with Crippen molar-refractivity contribution in [3.05, 3.63) is 71.8 Å². The van der Waals surface area contributed by atoms with Crippen molar-refractivity contribution in [2.24, 2.45) is 0 Å². The molecule has 0 fully saturated rings. The Morgan fingerprint density at radius 3 is 2.25 bits per heavy atom. The lowest BCUT2D eigenvalue weighted by Gasteiger charge is -2.18. The highest BCUT2D eigenvalue weighted by Crippen LogP contribution is 2.18. The van der Waals surface area contributed by atoms with Gasteiger partial charge in [0.2, 0.25) is 5.91 Å². The monoisotopic (exact) mass is 327 g/mol. The van der Waals surface area contributed by atoms with E-state index in [1.807, 2.05) is 60.7 Å². The van der Waals surface area contributed by atoms with Crippen molar-refractivity contribution in [3.63, 3.8) is 0 Å². The number of carbonyl (C=O) groups is 2. The van der Waals surface area contributed by atoms with Crippen LogP contribution in [0.25, 0.3) is 0 Å². The van der Waals surface area contributed by atoms with E-state index in [9.17, 15) is 9.59 Å². The fraction of sp³-hybridized carbons (Fsp3) is 0.263. The van der Waals surface area contributed by atoms with Gasteiger partial charge in [0.15, 0.2) is 0 Å². The van der Waals surface area contributed by atoms with E-state index in [4.69, 9.17) is 9.84 Å². The SMILES string of the molecule is O=C(O)CCC(NC(=O)COCc1ccccc1)c1ccccc1. The summed E-state index contributed by atoms with van der Waals surface area (Å²) in [5, 5.41) is 11.7. The summed E-state index contributed by atoms with van der Waals surface area (Å²) in [7, 11) is 0. The number of carboxylic acids is 1. The zero-order valence-corrected chi connectivity index (χ0v) is 13.4. The van der Waals surface area contributed by atoms with Gasteiger partial charge >= 0.3 is 5.97 Å². The van der Waals surface area contributed by atoms with Crippen LogP contribution in [0, 0.1) is 0 Å². The maximum Gasteiger partial charge on any atom is 0.303 e. The summed E-state index contributed by atoms with van der Waals surface area (Å²) in [4.78, 5) is 22.9. The first-order valence-corrected chi connectivity index (χ1v) is 7.83. The number of carbonyl (C=O) groups excluding carboxylic acids is 1. The van der Waals surface area contributed by atoms with Crippen LogP contribution in [0.2, 0.25) is 0 Å². The van der Waals surface area contributed by atoms with Crippen LogP contribution < -0.4 is 5.32 Å². The van der Waals surface area contributed by atoms with E-state index in [2.05, 4.69) is 5.32 Å². The van der Waals surface area contributed by atoms with Gasteiger partial charge in [-0.1, -0.05) is 60.7 Å². The molecule has 1 amide bonds. The van der Waals surface area contributed by atoms with Crippen LogP contribution in [0.5, 0.6) is 0 Å². The summed E-state index contributed by atoms with van der Waals surface area (Å²) in [6.45, 7) is 0.296. The fourth-order valence-electron chi connectivity index (χ4n) is 2.35. The quantitative estimate of drug-likeness (QED) is 0.742. The fourth-order valence-corrected chi connectivity index (χ4v) is 2.35. The highest BCUT2D eigenvalue weighted by atomic mass is 16.5. The molecule has 2 rings (SSSR count). The number of ether oxygens (including phenoxy) is 1. The number of benzene rings is 2. The Morgan fingerprint density at radius 1 is 1.00 bits per heavy atom. The first kappa shape index (κ1) is 17.7. The number of hydrogen-bond acceptors (Lipinski definition) is 3. The van der Waals surface area contributed by atoms with E-state index in [1.54, 1.807) is 0 Å². The molecule has 0 saturated carbocycles. The van der Waals surface area contributed by atoms with E-state index in [-0.39, 0.29) is 25.0 Å². The summed E-state index contributed by atoms with van der Waals surface area (Å²) < 4.78 is 5.42. The molecule has 5 heteroatoms. The maximum atomic E-state index is 12.1. The van der Waals surface area contributed by atoms with E-state index in [1.165, 1.54) is 0 Å². The molecule has 0 bridgehead atoms. The van der Waals surface area contributed by atoms with Crippen molar-refractivity contribution in [2.45, 2.75) is 25.5 Å². The molecular weight excluding hydrogens is 306 g/mol. The minimum Gasteiger partial charge on any atom is -0.481 e. The minimum absolute atomic E-state index is 0.00921. The number of rotatable bonds is 9.